The Morgan fingerprint density at radius 3 is 2.65 bits per heavy atom. The molecule has 2 rings (SSSR count). The van der Waals surface area contributed by atoms with Gasteiger partial charge < -0.3 is 5.32 Å². The number of rotatable bonds is 4. The number of benzene rings is 2. The zero-order valence-corrected chi connectivity index (χ0v) is 13.0. The van der Waals surface area contributed by atoms with E-state index < -0.39 is 0 Å². The monoisotopic (exact) mass is 349 g/mol. The van der Waals surface area contributed by atoms with Crippen molar-refractivity contribution in [1.29, 1.82) is 0 Å². The van der Waals surface area contributed by atoms with E-state index in [2.05, 4.69) is 21.2 Å². The Morgan fingerprint density at radius 1 is 1.20 bits per heavy atom. The number of hydrogen-bond acceptors (Lipinski definition) is 1. The van der Waals surface area contributed by atoms with Gasteiger partial charge in [-0.1, -0.05) is 51.8 Å². The molecule has 0 aliphatic carbocycles. The summed E-state index contributed by atoms with van der Waals surface area (Å²) >= 11 is 9.19. The van der Waals surface area contributed by atoms with Gasteiger partial charge in [0, 0.05) is 22.1 Å². The van der Waals surface area contributed by atoms with Crippen molar-refractivity contribution in [3.8, 4) is 0 Å². The molecule has 0 aliphatic heterocycles. The van der Waals surface area contributed by atoms with Crippen molar-refractivity contribution in [1.82, 2.24) is 5.32 Å². The van der Waals surface area contributed by atoms with E-state index in [1.807, 2.05) is 36.4 Å². The lowest BCUT2D eigenvalue weighted by Gasteiger charge is -2.02. The van der Waals surface area contributed by atoms with Gasteiger partial charge in [0.15, 0.2) is 0 Å². The number of carbonyl (C=O) groups excluding carboxylic acids is 1. The van der Waals surface area contributed by atoms with E-state index in [0.29, 0.717) is 11.6 Å². The molecule has 0 heterocycles. The zero-order chi connectivity index (χ0) is 14.4. The van der Waals surface area contributed by atoms with Crippen LogP contribution in [0.25, 0.3) is 6.08 Å². The summed E-state index contributed by atoms with van der Waals surface area (Å²) in [5, 5.41) is 3.51. The number of carbonyl (C=O) groups is 1. The minimum absolute atomic E-state index is 0.125. The van der Waals surface area contributed by atoms with Gasteiger partial charge in [0.25, 0.3) is 0 Å². The molecule has 0 aromatic heterocycles. The van der Waals surface area contributed by atoms with Gasteiger partial charge in [-0.15, -0.1) is 0 Å². The number of nitrogens with one attached hydrogen (secondary N) is 1. The maximum absolute atomic E-state index is 11.7. The van der Waals surface area contributed by atoms with Crippen LogP contribution in [0.15, 0.2) is 59.1 Å². The highest BCUT2D eigenvalue weighted by atomic mass is 79.9. The molecule has 1 amide bonds. The van der Waals surface area contributed by atoms with E-state index in [1.54, 1.807) is 18.2 Å². The molecule has 2 nitrogen and oxygen atoms in total. The third-order valence-corrected chi connectivity index (χ3v) is 3.40. The van der Waals surface area contributed by atoms with Gasteiger partial charge >= 0.3 is 0 Å². The van der Waals surface area contributed by atoms with Gasteiger partial charge in [-0.2, -0.15) is 0 Å². The van der Waals surface area contributed by atoms with Crippen molar-refractivity contribution in [3.63, 3.8) is 0 Å². The molecular weight excluding hydrogens is 338 g/mol. The number of hydrogen-bond donors (Lipinski definition) is 1. The molecule has 2 aromatic carbocycles. The lowest BCUT2D eigenvalue weighted by Crippen LogP contribution is -2.20. The summed E-state index contributed by atoms with van der Waals surface area (Å²) in [6.07, 6.45) is 3.31. The maximum atomic E-state index is 11.7. The summed E-state index contributed by atoms with van der Waals surface area (Å²) < 4.78 is 0.987. The second-order valence-corrected chi connectivity index (χ2v) is 5.58. The van der Waals surface area contributed by atoms with Crippen molar-refractivity contribution in [3.05, 3.63) is 75.2 Å². The van der Waals surface area contributed by atoms with Crippen molar-refractivity contribution in [2.75, 3.05) is 0 Å². The van der Waals surface area contributed by atoms with Crippen LogP contribution in [0.2, 0.25) is 5.02 Å². The SMILES string of the molecule is O=C(C=Cc1cccc(Br)c1)NCc1ccc(Cl)cc1. The average molecular weight is 351 g/mol. The summed E-state index contributed by atoms with van der Waals surface area (Å²) in [6, 6.07) is 15.1. The predicted octanol–water partition coefficient (Wildman–Crippen LogP) is 4.43. The highest BCUT2D eigenvalue weighted by Crippen LogP contribution is 2.12. The van der Waals surface area contributed by atoms with Crippen LogP contribution in [0, 0.1) is 0 Å². The van der Waals surface area contributed by atoms with E-state index in [1.165, 1.54) is 6.08 Å². The lowest BCUT2D eigenvalue weighted by atomic mass is 10.2. The molecule has 0 bridgehead atoms. The second-order valence-electron chi connectivity index (χ2n) is 4.23. The third kappa shape index (κ3) is 4.83. The summed E-state index contributed by atoms with van der Waals surface area (Å²) in [7, 11) is 0. The van der Waals surface area contributed by atoms with Crippen LogP contribution in [0.5, 0.6) is 0 Å². The fourth-order valence-corrected chi connectivity index (χ4v) is 2.18. The highest BCUT2D eigenvalue weighted by molar-refractivity contribution is 9.10. The Balaban J connectivity index is 1.88. The first-order valence-electron chi connectivity index (χ1n) is 6.09. The molecule has 1 N–H and O–H groups in total. The van der Waals surface area contributed by atoms with Crippen molar-refractivity contribution in [2.45, 2.75) is 6.54 Å². The minimum atomic E-state index is -0.125. The Hall–Kier alpha value is -1.58. The van der Waals surface area contributed by atoms with Gasteiger partial charge in [0.1, 0.15) is 0 Å². The largest absolute Gasteiger partial charge is 0.348 e. The molecule has 4 heteroatoms. The smallest absolute Gasteiger partial charge is 0.244 e. The number of halogens is 2. The molecule has 0 saturated heterocycles. The van der Waals surface area contributed by atoms with E-state index >= 15 is 0 Å². The second kappa shape index (κ2) is 7.27. The van der Waals surface area contributed by atoms with Gasteiger partial charge in [-0.3, -0.25) is 4.79 Å². The molecule has 0 spiro atoms. The topological polar surface area (TPSA) is 29.1 Å². The molecule has 0 aliphatic rings. The molecule has 102 valence electrons. The zero-order valence-electron chi connectivity index (χ0n) is 10.6. The molecular formula is C16H13BrClNO. The van der Waals surface area contributed by atoms with Crippen molar-refractivity contribution >= 4 is 39.5 Å². The molecule has 20 heavy (non-hydrogen) atoms. The maximum Gasteiger partial charge on any atom is 0.244 e. The Kier molecular flexibility index (Phi) is 5.39. The first-order chi connectivity index (χ1) is 9.63. The van der Waals surface area contributed by atoms with Gasteiger partial charge in [0.2, 0.25) is 5.91 Å². The van der Waals surface area contributed by atoms with Gasteiger partial charge in [-0.05, 0) is 41.5 Å². The molecule has 0 unspecified atom stereocenters. The summed E-state index contributed by atoms with van der Waals surface area (Å²) in [6.45, 7) is 0.485. The first kappa shape index (κ1) is 14.8. The van der Waals surface area contributed by atoms with Crippen LogP contribution in [0.1, 0.15) is 11.1 Å². The first-order valence-corrected chi connectivity index (χ1v) is 7.26. The van der Waals surface area contributed by atoms with E-state index in [-0.39, 0.29) is 5.91 Å². The number of amides is 1. The predicted molar refractivity (Wildman–Crippen MR) is 86.5 cm³/mol. The molecule has 0 radical (unpaired) electrons. The van der Waals surface area contributed by atoms with Crippen molar-refractivity contribution < 1.29 is 4.79 Å². The van der Waals surface area contributed by atoms with E-state index in [4.69, 9.17) is 11.6 Å². The standard InChI is InChI=1S/C16H13BrClNO/c17-14-3-1-2-12(10-14)6-9-16(20)19-11-13-4-7-15(18)8-5-13/h1-10H,11H2,(H,19,20). The van der Waals surface area contributed by atoms with Crippen LogP contribution >= 0.6 is 27.5 Å². The van der Waals surface area contributed by atoms with Gasteiger partial charge in [0.05, 0.1) is 0 Å². The minimum Gasteiger partial charge on any atom is -0.348 e. The van der Waals surface area contributed by atoms with E-state index in [9.17, 15) is 4.79 Å². The van der Waals surface area contributed by atoms with Crippen molar-refractivity contribution in [2.24, 2.45) is 0 Å². The summed E-state index contributed by atoms with van der Waals surface area (Å²) in [5.74, 6) is -0.125. The highest BCUT2D eigenvalue weighted by Gasteiger charge is 1.97. The van der Waals surface area contributed by atoms with Crippen LogP contribution < -0.4 is 5.32 Å². The fourth-order valence-electron chi connectivity index (χ4n) is 1.63. The Bertz CT molecular complexity index is 623. The Morgan fingerprint density at radius 2 is 1.95 bits per heavy atom. The molecule has 2 aromatic rings. The third-order valence-electron chi connectivity index (χ3n) is 2.66. The summed E-state index contributed by atoms with van der Waals surface area (Å²) in [5.41, 5.74) is 1.99. The quantitative estimate of drug-likeness (QED) is 0.812. The molecule has 0 saturated carbocycles. The fraction of sp³-hybridized carbons (Fsp3) is 0.0625. The Labute approximate surface area is 131 Å². The lowest BCUT2D eigenvalue weighted by molar-refractivity contribution is -0.116. The normalized spacial score (nSPS) is 10.7. The van der Waals surface area contributed by atoms with Gasteiger partial charge in [-0.25, -0.2) is 0 Å². The van der Waals surface area contributed by atoms with Crippen LogP contribution in [0.3, 0.4) is 0 Å². The summed E-state index contributed by atoms with van der Waals surface area (Å²) in [4.78, 5) is 11.7. The molecule has 0 atom stereocenters. The van der Waals surface area contributed by atoms with Crippen LogP contribution in [-0.2, 0) is 11.3 Å². The average Bonchev–Trinajstić information content (AvgIpc) is 2.45. The van der Waals surface area contributed by atoms with Crippen LogP contribution in [-0.4, -0.2) is 5.91 Å². The molecule has 0 fully saturated rings. The van der Waals surface area contributed by atoms with E-state index in [0.717, 1.165) is 15.6 Å². The van der Waals surface area contributed by atoms with Crippen LogP contribution in [0.4, 0.5) is 0 Å².